The van der Waals surface area contributed by atoms with Gasteiger partial charge in [0.15, 0.2) is 0 Å². The number of nitrogen functional groups attached to an aromatic ring is 1. The molecule has 2 N–H and O–H groups in total. The van der Waals surface area contributed by atoms with Gasteiger partial charge >= 0.3 is 6.03 Å². The molecule has 2 heterocycles. The van der Waals surface area contributed by atoms with Crippen LogP contribution in [0.25, 0.3) is 0 Å². The first-order valence-electron chi connectivity index (χ1n) is 7.05. The summed E-state index contributed by atoms with van der Waals surface area (Å²) in [6.45, 7) is 2.11. The van der Waals surface area contributed by atoms with Crippen molar-refractivity contribution in [2.24, 2.45) is 0 Å². The molecule has 1 aliphatic heterocycles. The van der Waals surface area contributed by atoms with E-state index in [1.807, 2.05) is 47.5 Å². The summed E-state index contributed by atoms with van der Waals surface area (Å²) in [5.74, 6) is 0. The number of pyridine rings is 1. The van der Waals surface area contributed by atoms with Gasteiger partial charge in [0.05, 0.1) is 11.4 Å². The molecule has 2 aromatic rings. The Kier molecular flexibility index (Phi) is 3.73. The van der Waals surface area contributed by atoms with Crippen molar-refractivity contribution in [1.29, 1.82) is 0 Å². The molecule has 0 atom stereocenters. The Morgan fingerprint density at radius 2 is 2.00 bits per heavy atom. The van der Waals surface area contributed by atoms with Gasteiger partial charge in [-0.3, -0.25) is 9.88 Å². The molecular weight excluding hydrogens is 264 g/mol. The lowest BCUT2D eigenvalue weighted by Crippen LogP contribution is -2.33. The van der Waals surface area contributed by atoms with Gasteiger partial charge in [-0.25, -0.2) is 4.79 Å². The average Bonchev–Trinajstić information content (AvgIpc) is 2.88. The minimum Gasteiger partial charge on any atom is -0.397 e. The third kappa shape index (κ3) is 2.81. The molecule has 1 fully saturated rings. The molecule has 2 amide bonds. The van der Waals surface area contributed by atoms with Gasteiger partial charge < -0.3 is 10.6 Å². The number of hydrogen-bond acceptors (Lipinski definition) is 3. The molecule has 5 heteroatoms. The Labute approximate surface area is 124 Å². The predicted octanol–water partition coefficient (Wildman–Crippen LogP) is 2.15. The highest BCUT2D eigenvalue weighted by atomic mass is 16.2. The van der Waals surface area contributed by atoms with Crippen LogP contribution in [0.15, 0.2) is 48.8 Å². The van der Waals surface area contributed by atoms with Crippen LogP contribution in [0, 0.1) is 0 Å². The summed E-state index contributed by atoms with van der Waals surface area (Å²) in [6.07, 6.45) is 4.41. The van der Waals surface area contributed by atoms with Gasteiger partial charge in [0.2, 0.25) is 0 Å². The van der Waals surface area contributed by atoms with Crippen LogP contribution in [0.2, 0.25) is 0 Å². The lowest BCUT2D eigenvalue weighted by molar-refractivity contribution is 0.221. The Bertz CT molecular complexity index is 629. The van der Waals surface area contributed by atoms with Gasteiger partial charge in [-0.05, 0) is 30.2 Å². The zero-order valence-electron chi connectivity index (χ0n) is 11.8. The average molecular weight is 282 g/mol. The maximum Gasteiger partial charge on any atom is 0.324 e. The first-order chi connectivity index (χ1) is 10.3. The van der Waals surface area contributed by atoms with E-state index in [0.717, 1.165) is 24.2 Å². The Hall–Kier alpha value is -2.56. The SMILES string of the molecule is Nc1ccccc1N1CCN(CCc2cccnc2)C1=O. The van der Waals surface area contributed by atoms with E-state index in [9.17, 15) is 4.79 Å². The standard InChI is InChI=1S/C16H18N4O/c17-14-5-1-2-6-15(14)20-11-10-19(16(20)21)9-7-13-4-3-8-18-12-13/h1-6,8,12H,7,9-11,17H2. The molecule has 5 nitrogen and oxygen atoms in total. The third-order valence-electron chi connectivity index (χ3n) is 3.72. The number of aromatic nitrogens is 1. The van der Waals surface area contributed by atoms with Gasteiger partial charge in [-0.1, -0.05) is 18.2 Å². The van der Waals surface area contributed by atoms with Crippen LogP contribution in [0.3, 0.4) is 0 Å². The number of rotatable bonds is 4. The molecule has 108 valence electrons. The number of anilines is 2. The fraction of sp³-hybridized carbons (Fsp3) is 0.250. The second-order valence-corrected chi connectivity index (χ2v) is 5.09. The van der Waals surface area contributed by atoms with Crippen molar-refractivity contribution >= 4 is 17.4 Å². The highest BCUT2D eigenvalue weighted by molar-refractivity contribution is 5.97. The van der Waals surface area contributed by atoms with Crippen molar-refractivity contribution in [3.05, 3.63) is 54.4 Å². The molecule has 0 spiro atoms. The number of hydrogen-bond donors (Lipinski definition) is 1. The second kappa shape index (κ2) is 5.83. The maximum atomic E-state index is 12.5. The van der Waals surface area contributed by atoms with Gasteiger partial charge in [0, 0.05) is 32.0 Å². The molecule has 0 saturated carbocycles. The summed E-state index contributed by atoms with van der Waals surface area (Å²) in [5.41, 5.74) is 8.53. The van der Waals surface area contributed by atoms with Crippen LogP contribution in [-0.2, 0) is 6.42 Å². The van der Waals surface area contributed by atoms with Crippen LogP contribution >= 0.6 is 0 Å². The first kappa shape index (κ1) is 13.4. The summed E-state index contributed by atoms with van der Waals surface area (Å²) in [5, 5.41) is 0. The van der Waals surface area contributed by atoms with E-state index < -0.39 is 0 Å². The Morgan fingerprint density at radius 1 is 1.14 bits per heavy atom. The van der Waals surface area contributed by atoms with Crippen LogP contribution in [0.1, 0.15) is 5.56 Å². The molecule has 0 radical (unpaired) electrons. The molecule has 1 saturated heterocycles. The van der Waals surface area contributed by atoms with Gasteiger partial charge in [0.25, 0.3) is 0 Å². The Balaban J connectivity index is 1.65. The van der Waals surface area contributed by atoms with Crippen LogP contribution in [0.4, 0.5) is 16.2 Å². The quantitative estimate of drug-likeness (QED) is 0.874. The third-order valence-corrected chi connectivity index (χ3v) is 3.72. The van der Waals surface area contributed by atoms with Crippen LogP contribution in [-0.4, -0.2) is 35.5 Å². The molecule has 3 rings (SSSR count). The predicted molar refractivity (Wildman–Crippen MR) is 83.1 cm³/mol. The lowest BCUT2D eigenvalue weighted by atomic mass is 10.2. The topological polar surface area (TPSA) is 62.5 Å². The number of carbonyl (C=O) groups excluding carboxylic acids is 1. The number of para-hydroxylation sites is 2. The number of amides is 2. The number of nitrogens with two attached hydrogens (primary N) is 1. The van der Waals surface area contributed by atoms with Crippen molar-refractivity contribution < 1.29 is 4.79 Å². The highest BCUT2D eigenvalue weighted by Gasteiger charge is 2.29. The first-order valence-corrected chi connectivity index (χ1v) is 7.05. The van der Waals surface area contributed by atoms with Crippen molar-refractivity contribution in [3.8, 4) is 0 Å². The molecule has 21 heavy (non-hydrogen) atoms. The fourth-order valence-electron chi connectivity index (χ4n) is 2.56. The zero-order chi connectivity index (χ0) is 14.7. The second-order valence-electron chi connectivity index (χ2n) is 5.09. The van der Waals surface area contributed by atoms with E-state index in [1.165, 1.54) is 0 Å². The minimum absolute atomic E-state index is 0.0248. The number of urea groups is 1. The molecule has 1 aromatic carbocycles. The maximum absolute atomic E-state index is 12.5. The summed E-state index contributed by atoms with van der Waals surface area (Å²) >= 11 is 0. The van der Waals surface area contributed by atoms with Crippen molar-refractivity contribution in [3.63, 3.8) is 0 Å². The van der Waals surface area contributed by atoms with Crippen molar-refractivity contribution in [2.75, 3.05) is 30.3 Å². The molecular formula is C16H18N4O. The number of benzene rings is 1. The number of carbonyl (C=O) groups is 1. The van der Waals surface area contributed by atoms with E-state index >= 15 is 0 Å². The van der Waals surface area contributed by atoms with E-state index in [-0.39, 0.29) is 6.03 Å². The van der Waals surface area contributed by atoms with E-state index in [1.54, 1.807) is 11.1 Å². The van der Waals surface area contributed by atoms with E-state index in [2.05, 4.69) is 4.98 Å². The van der Waals surface area contributed by atoms with E-state index in [0.29, 0.717) is 18.8 Å². The van der Waals surface area contributed by atoms with Crippen LogP contribution < -0.4 is 10.6 Å². The molecule has 0 aliphatic carbocycles. The fourth-order valence-corrected chi connectivity index (χ4v) is 2.56. The van der Waals surface area contributed by atoms with Gasteiger partial charge in [-0.15, -0.1) is 0 Å². The molecule has 0 unspecified atom stereocenters. The summed E-state index contributed by atoms with van der Waals surface area (Å²) in [4.78, 5) is 20.2. The van der Waals surface area contributed by atoms with Crippen LogP contribution in [0.5, 0.6) is 0 Å². The Morgan fingerprint density at radius 3 is 2.76 bits per heavy atom. The summed E-state index contributed by atoms with van der Waals surface area (Å²) in [7, 11) is 0. The smallest absolute Gasteiger partial charge is 0.324 e. The largest absolute Gasteiger partial charge is 0.397 e. The summed E-state index contributed by atoms with van der Waals surface area (Å²) < 4.78 is 0. The lowest BCUT2D eigenvalue weighted by Gasteiger charge is -2.19. The molecule has 0 bridgehead atoms. The van der Waals surface area contributed by atoms with Gasteiger partial charge in [0.1, 0.15) is 0 Å². The zero-order valence-corrected chi connectivity index (χ0v) is 11.8. The number of nitrogens with zero attached hydrogens (tertiary/aromatic N) is 3. The molecule has 1 aromatic heterocycles. The van der Waals surface area contributed by atoms with Gasteiger partial charge in [-0.2, -0.15) is 0 Å². The normalized spacial score (nSPS) is 14.8. The molecule has 1 aliphatic rings. The monoisotopic (exact) mass is 282 g/mol. The summed E-state index contributed by atoms with van der Waals surface area (Å²) in [6, 6.07) is 11.4. The highest BCUT2D eigenvalue weighted by Crippen LogP contribution is 2.26. The van der Waals surface area contributed by atoms with E-state index in [4.69, 9.17) is 5.73 Å². The van der Waals surface area contributed by atoms with Crippen molar-refractivity contribution in [1.82, 2.24) is 9.88 Å². The minimum atomic E-state index is 0.0248. The van der Waals surface area contributed by atoms with Crippen molar-refractivity contribution in [2.45, 2.75) is 6.42 Å².